The number of aryl methyl sites for hydroxylation is 1. The van der Waals surface area contributed by atoms with Crippen LogP contribution in [-0.4, -0.2) is 15.4 Å². The van der Waals surface area contributed by atoms with Crippen LogP contribution in [0.15, 0.2) is 40.9 Å². The van der Waals surface area contributed by atoms with Crippen LogP contribution in [0.2, 0.25) is 0 Å². The molecule has 0 fully saturated rings. The van der Waals surface area contributed by atoms with Crippen molar-refractivity contribution in [2.45, 2.75) is 13.3 Å². The highest BCUT2D eigenvalue weighted by Crippen LogP contribution is 2.37. The standard InChI is InChI=1S/C15H13NO3/c1-2-9-7-11(13(18)8-12(9)17)15-10-5-3-4-6-14(10)19-16-15/h3-8,17-18H,2H2,1H3. The molecule has 96 valence electrons. The van der Waals surface area contributed by atoms with Crippen LogP contribution in [0.5, 0.6) is 11.5 Å². The highest BCUT2D eigenvalue weighted by atomic mass is 16.5. The Labute approximate surface area is 109 Å². The molecular weight excluding hydrogens is 242 g/mol. The van der Waals surface area contributed by atoms with Gasteiger partial charge in [-0.3, -0.25) is 0 Å². The maximum Gasteiger partial charge on any atom is 0.167 e. The Morgan fingerprint density at radius 3 is 2.68 bits per heavy atom. The Balaban J connectivity index is 2.27. The second-order valence-corrected chi connectivity index (χ2v) is 4.38. The zero-order chi connectivity index (χ0) is 13.4. The molecule has 0 saturated heterocycles. The van der Waals surface area contributed by atoms with E-state index >= 15 is 0 Å². The number of phenolic OH excluding ortho intramolecular Hbond substituents is 2. The highest BCUT2D eigenvalue weighted by molar-refractivity contribution is 5.93. The minimum atomic E-state index is -0.00578. The van der Waals surface area contributed by atoms with Crippen molar-refractivity contribution in [3.63, 3.8) is 0 Å². The van der Waals surface area contributed by atoms with Crippen LogP contribution in [0.25, 0.3) is 22.2 Å². The normalized spacial score (nSPS) is 11.0. The lowest BCUT2D eigenvalue weighted by Gasteiger charge is -2.07. The Bertz CT molecular complexity index is 746. The summed E-state index contributed by atoms with van der Waals surface area (Å²) in [4.78, 5) is 0. The summed E-state index contributed by atoms with van der Waals surface area (Å²) < 4.78 is 5.24. The Morgan fingerprint density at radius 1 is 1.11 bits per heavy atom. The number of aromatic hydroxyl groups is 2. The van der Waals surface area contributed by atoms with Crippen LogP contribution < -0.4 is 0 Å². The van der Waals surface area contributed by atoms with Crippen LogP contribution in [0.4, 0.5) is 0 Å². The van der Waals surface area contributed by atoms with Gasteiger partial charge in [-0.05, 0) is 30.2 Å². The predicted molar refractivity (Wildman–Crippen MR) is 72.2 cm³/mol. The molecule has 0 aliphatic carbocycles. The number of rotatable bonds is 2. The van der Waals surface area contributed by atoms with E-state index in [1.165, 1.54) is 6.07 Å². The van der Waals surface area contributed by atoms with Gasteiger partial charge in [-0.15, -0.1) is 0 Å². The van der Waals surface area contributed by atoms with Gasteiger partial charge >= 0.3 is 0 Å². The summed E-state index contributed by atoms with van der Waals surface area (Å²) in [6.07, 6.45) is 0.675. The third kappa shape index (κ3) is 1.81. The maximum atomic E-state index is 10.0. The Kier molecular flexibility index (Phi) is 2.63. The molecule has 1 aromatic heterocycles. The highest BCUT2D eigenvalue weighted by Gasteiger charge is 2.15. The van der Waals surface area contributed by atoms with E-state index in [9.17, 15) is 10.2 Å². The van der Waals surface area contributed by atoms with E-state index in [1.807, 2.05) is 31.2 Å². The lowest BCUT2D eigenvalue weighted by molar-refractivity contribution is 0.444. The first-order valence-corrected chi connectivity index (χ1v) is 6.10. The largest absolute Gasteiger partial charge is 0.508 e. The van der Waals surface area contributed by atoms with Gasteiger partial charge in [-0.1, -0.05) is 24.2 Å². The second kappa shape index (κ2) is 4.31. The van der Waals surface area contributed by atoms with Gasteiger partial charge in [0.15, 0.2) is 5.58 Å². The summed E-state index contributed by atoms with van der Waals surface area (Å²) in [5.41, 5.74) is 2.59. The van der Waals surface area contributed by atoms with E-state index in [4.69, 9.17) is 4.52 Å². The topological polar surface area (TPSA) is 66.5 Å². The fourth-order valence-electron chi connectivity index (χ4n) is 2.18. The van der Waals surface area contributed by atoms with Gasteiger partial charge in [-0.25, -0.2) is 0 Å². The first kappa shape index (κ1) is 11.6. The van der Waals surface area contributed by atoms with Gasteiger partial charge in [0.1, 0.15) is 17.2 Å². The van der Waals surface area contributed by atoms with Crippen molar-refractivity contribution >= 4 is 11.0 Å². The van der Waals surface area contributed by atoms with Crippen molar-refractivity contribution in [3.05, 3.63) is 42.0 Å². The van der Waals surface area contributed by atoms with E-state index in [-0.39, 0.29) is 11.5 Å². The molecule has 1 heterocycles. The van der Waals surface area contributed by atoms with Crippen LogP contribution in [0.1, 0.15) is 12.5 Å². The van der Waals surface area contributed by atoms with E-state index in [0.29, 0.717) is 23.3 Å². The lowest BCUT2D eigenvalue weighted by atomic mass is 10.0. The van der Waals surface area contributed by atoms with Crippen molar-refractivity contribution in [2.24, 2.45) is 0 Å². The number of hydrogen-bond acceptors (Lipinski definition) is 4. The fraction of sp³-hybridized carbons (Fsp3) is 0.133. The average molecular weight is 255 g/mol. The molecular formula is C15H13NO3. The molecule has 0 aliphatic rings. The molecule has 3 rings (SSSR count). The van der Waals surface area contributed by atoms with Crippen LogP contribution >= 0.6 is 0 Å². The Hall–Kier alpha value is -2.49. The Morgan fingerprint density at radius 2 is 1.89 bits per heavy atom. The van der Waals surface area contributed by atoms with Crippen molar-refractivity contribution in [3.8, 4) is 22.8 Å². The van der Waals surface area contributed by atoms with Gasteiger partial charge < -0.3 is 14.7 Å². The van der Waals surface area contributed by atoms with E-state index in [0.717, 1.165) is 10.9 Å². The summed E-state index contributed by atoms with van der Waals surface area (Å²) >= 11 is 0. The van der Waals surface area contributed by atoms with Gasteiger partial charge in [0.2, 0.25) is 0 Å². The molecule has 0 spiro atoms. The van der Waals surface area contributed by atoms with Gasteiger partial charge in [0.25, 0.3) is 0 Å². The molecule has 0 unspecified atom stereocenters. The molecule has 19 heavy (non-hydrogen) atoms. The number of nitrogens with zero attached hydrogens (tertiary/aromatic N) is 1. The first-order valence-electron chi connectivity index (χ1n) is 6.10. The monoisotopic (exact) mass is 255 g/mol. The van der Waals surface area contributed by atoms with Gasteiger partial charge in [0.05, 0.1) is 0 Å². The molecule has 0 radical (unpaired) electrons. The molecule has 0 bridgehead atoms. The van der Waals surface area contributed by atoms with Crippen LogP contribution in [-0.2, 0) is 6.42 Å². The number of aromatic nitrogens is 1. The summed E-state index contributed by atoms with van der Waals surface area (Å²) in [5, 5.41) is 24.6. The zero-order valence-electron chi connectivity index (χ0n) is 10.4. The summed E-state index contributed by atoms with van der Waals surface area (Å²) in [7, 11) is 0. The van der Waals surface area contributed by atoms with Crippen LogP contribution in [0.3, 0.4) is 0 Å². The average Bonchev–Trinajstić information content (AvgIpc) is 2.83. The number of phenols is 2. The SMILES string of the molecule is CCc1cc(-c2noc3ccccc23)c(O)cc1O. The summed E-state index contributed by atoms with van der Waals surface area (Å²) in [6, 6.07) is 10.6. The molecule has 0 saturated carbocycles. The van der Waals surface area contributed by atoms with Crippen molar-refractivity contribution in [1.29, 1.82) is 0 Å². The zero-order valence-corrected chi connectivity index (χ0v) is 10.4. The smallest absolute Gasteiger partial charge is 0.167 e. The molecule has 0 aliphatic heterocycles. The lowest BCUT2D eigenvalue weighted by Crippen LogP contribution is -1.86. The van der Waals surface area contributed by atoms with E-state index in [2.05, 4.69) is 5.16 Å². The number of hydrogen-bond donors (Lipinski definition) is 2. The first-order chi connectivity index (χ1) is 9.20. The maximum absolute atomic E-state index is 10.0. The minimum Gasteiger partial charge on any atom is -0.508 e. The number of benzene rings is 2. The summed E-state index contributed by atoms with van der Waals surface area (Å²) in [5.74, 6) is 0.0882. The minimum absolute atomic E-state index is 0.00578. The van der Waals surface area contributed by atoms with Crippen molar-refractivity contribution < 1.29 is 14.7 Å². The molecule has 0 amide bonds. The van der Waals surface area contributed by atoms with Gasteiger partial charge in [0, 0.05) is 17.0 Å². The van der Waals surface area contributed by atoms with Crippen molar-refractivity contribution in [2.75, 3.05) is 0 Å². The third-order valence-corrected chi connectivity index (χ3v) is 3.21. The summed E-state index contributed by atoms with van der Waals surface area (Å²) in [6.45, 7) is 1.94. The number of fused-ring (bicyclic) bond motifs is 1. The molecule has 3 aromatic rings. The van der Waals surface area contributed by atoms with E-state index in [1.54, 1.807) is 6.07 Å². The predicted octanol–water partition coefficient (Wildman–Crippen LogP) is 3.47. The van der Waals surface area contributed by atoms with E-state index < -0.39 is 0 Å². The fourth-order valence-corrected chi connectivity index (χ4v) is 2.18. The number of para-hydroxylation sites is 1. The molecule has 4 heteroatoms. The van der Waals surface area contributed by atoms with Gasteiger partial charge in [-0.2, -0.15) is 0 Å². The molecule has 2 N–H and O–H groups in total. The van der Waals surface area contributed by atoms with Crippen molar-refractivity contribution in [1.82, 2.24) is 5.16 Å². The quantitative estimate of drug-likeness (QED) is 0.735. The van der Waals surface area contributed by atoms with Crippen LogP contribution in [0, 0.1) is 0 Å². The molecule has 2 aromatic carbocycles. The molecule has 4 nitrogen and oxygen atoms in total. The second-order valence-electron chi connectivity index (χ2n) is 4.38. The third-order valence-electron chi connectivity index (χ3n) is 3.21. The molecule has 0 atom stereocenters.